The molecule has 1 N–H and O–H groups in total. The first-order chi connectivity index (χ1) is 8.67. The second kappa shape index (κ2) is 4.64. The predicted octanol–water partition coefficient (Wildman–Crippen LogP) is 0.422. The number of benzene rings is 1. The molecule has 1 aromatic carbocycles. The van der Waals surface area contributed by atoms with Crippen molar-refractivity contribution in [2.45, 2.75) is 17.9 Å². The van der Waals surface area contributed by atoms with E-state index in [9.17, 15) is 8.42 Å². The molecule has 3 rings (SSSR count). The lowest BCUT2D eigenvalue weighted by Gasteiger charge is -2.27. The molecular formula is C13H18N2O2S. The lowest BCUT2D eigenvalue weighted by atomic mass is 10.1. The van der Waals surface area contributed by atoms with Gasteiger partial charge in [-0.1, -0.05) is 18.2 Å². The van der Waals surface area contributed by atoms with Crippen LogP contribution in [-0.2, 0) is 22.8 Å². The number of hydrogen-bond donors (Lipinski definition) is 1. The number of nitrogens with one attached hydrogen (secondary N) is 1. The van der Waals surface area contributed by atoms with Crippen LogP contribution in [0.15, 0.2) is 23.1 Å². The number of sulfone groups is 1. The smallest absolute Gasteiger partial charge is 0.179 e. The van der Waals surface area contributed by atoms with Gasteiger partial charge in [-0.15, -0.1) is 0 Å². The molecule has 4 nitrogen and oxygen atoms in total. The highest BCUT2D eigenvalue weighted by Gasteiger charge is 2.29. The molecule has 0 aromatic heterocycles. The normalized spacial score (nSPS) is 22.9. The summed E-state index contributed by atoms with van der Waals surface area (Å²) in [6.07, 6.45) is 0.674. The summed E-state index contributed by atoms with van der Waals surface area (Å²) in [4.78, 5) is 2.93. The third-order valence-corrected chi connectivity index (χ3v) is 5.62. The van der Waals surface area contributed by atoms with Crippen molar-refractivity contribution in [1.82, 2.24) is 10.2 Å². The van der Waals surface area contributed by atoms with Gasteiger partial charge in [0.15, 0.2) is 9.84 Å². The van der Waals surface area contributed by atoms with Gasteiger partial charge in [0.05, 0.1) is 10.6 Å². The molecule has 98 valence electrons. The molecule has 2 aliphatic rings. The Bertz CT molecular complexity index is 548. The van der Waals surface area contributed by atoms with Crippen LogP contribution in [0, 0.1) is 0 Å². The zero-order valence-corrected chi connectivity index (χ0v) is 11.2. The zero-order chi connectivity index (χ0) is 12.6. The van der Waals surface area contributed by atoms with Crippen molar-refractivity contribution in [3.05, 3.63) is 29.3 Å². The van der Waals surface area contributed by atoms with Crippen molar-refractivity contribution in [3.63, 3.8) is 0 Å². The van der Waals surface area contributed by atoms with Crippen molar-refractivity contribution in [3.8, 4) is 0 Å². The molecule has 1 fully saturated rings. The van der Waals surface area contributed by atoms with Crippen LogP contribution >= 0.6 is 0 Å². The molecule has 18 heavy (non-hydrogen) atoms. The Hall–Kier alpha value is -0.910. The van der Waals surface area contributed by atoms with E-state index in [1.54, 1.807) is 0 Å². The quantitative estimate of drug-likeness (QED) is 0.843. The molecule has 0 unspecified atom stereocenters. The van der Waals surface area contributed by atoms with Crippen LogP contribution in [0.4, 0.5) is 0 Å². The van der Waals surface area contributed by atoms with Crippen LogP contribution < -0.4 is 5.32 Å². The molecule has 0 spiro atoms. The predicted molar refractivity (Wildman–Crippen MR) is 70.3 cm³/mol. The number of hydrogen-bond acceptors (Lipinski definition) is 4. The van der Waals surface area contributed by atoms with Crippen molar-refractivity contribution in [1.29, 1.82) is 0 Å². The maximum absolute atomic E-state index is 12.1. The summed E-state index contributed by atoms with van der Waals surface area (Å²) >= 11 is 0. The summed E-state index contributed by atoms with van der Waals surface area (Å²) < 4.78 is 24.2. The van der Waals surface area contributed by atoms with E-state index >= 15 is 0 Å². The van der Waals surface area contributed by atoms with Gasteiger partial charge >= 0.3 is 0 Å². The van der Waals surface area contributed by atoms with Crippen LogP contribution in [0.1, 0.15) is 11.1 Å². The van der Waals surface area contributed by atoms with Gasteiger partial charge in [0, 0.05) is 32.7 Å². The summed E-state index contributed by atoms with van der Waals surface area (Å²) in [6, 6.07) is 5.89. The molecule has 0 amide bonds. The number of fused-ring (bicyclic) bond motifs is 1. The third-order valence-electron chi connectivity index (χ3n) is 3.73. The van der Waals surface area contributed by atoms with E-state index in [4.69, 9.17) is 0 Å². The van der Waals surface area contributed by atoms with Crippen molar-refractivity contribution in [2.75, 3.05) is 31.9 Å². The first kappa shape index (κ1) is 12.1. The maximum Gasteiger partial charge on any atom is 0.179 e. The number of rotatable bonds is 2. The molecule has 5 heteroatoms. The summed E-state index contributed by atoms with van der Waals surface area (Å²) in [7, 11) is -3.03. The SMILES string of the molecule is O=S1(=O)CCc2cccc(CN3CCNCC3)c21. The van der Waals surface area contributed by atoms with Crippen LogP contribution in [0.2, 0.25) is 0 Å². The average Bonchev–Trinajstić information content (AvgIpc) is 2.68. The van der Waals surface area contributed by atoms with Crippen LogP contribution in [0.3, 0.4) is 0 Å². The van der Waals surface area contributed by atoms with Gasteiger partial charge in [-0.2, -0.15) is 0 Å². The highest BCUT2D eigenvalue weighted by Crippen LogP contribution is 2.30. The van der Waals surface area contributed by atoms with E-state index in [-0.39, 0.29) is 5.75 Å². The number of nitrogens with zero attached hydrogens (tertiary/aromatic N) is 1. The minimum absolute atomic E-state index is 0.279. The molecule has 2 aliphatic heterocycles. The van der Waals surface area contributed by atoms with Gasteiger partial charge in [0.25, 0.3) is 0 Å². The summed E-state index contributed by atoms with van der Waals surface area (Å²) in [5, 5.41) is 3.31. The number of piperazine rings is 1. The standard InChI is InChI=1S/C13H18N2O2S/c16-18(17)9-4-11-2-1-3-12(13(11)18)10-15-7-5-14-6-8-15/h1-3,14H,4-10H2. The van der Waals surface area contributed by atoms with E-state index in [1.165, 1.54) is 0 Å². The summed E-state index contributed by atoms with van der Waals surface area (Å²) in [5.74, 6) is 0.279. The third kappa shape index (κ3) is 2.18. The van der Waals surface area contributed by atoms with Gasteiger partial charge in [0.2, 0.25) is 0 Å². The van der Waals surface area contributed by atoms with Gasteiger partial charge in [-0.05, 0) is 17.5 Å². The molecule has 0 aliphatic carbocycles. The number of aryl methyl sites for hydroxylation is 1. The minimum atomic E-state index is -3.03. The van der Waals surface area contributed by atoms with E-state index in [0.29, 0.717) is 11.3 Å². The molecule has 1 aromatic rings. The zero-order valence-electron chi connectivity index (χ0n) is 10.4. The highest BCUT2D eigenvalue weighted by molar-refractivity contribution is 7.91. The molecule has 1 saturated heterocycles. The van der Waals surface area contributed by atoms with Crippen molar-refractivity contribution in [2.24, 2.45) is 0 Å². The van der Waals surface area contributed by atoms with E-state index < -0.39 is 9.84 Å². The topological polar surface area (TPSA) is 49.4 Å². The van der Waals surface area contributed by atoms with Crippen LogP contribution in [-0.4, -0.2) is 45.2 Å². The Morgan fingerprint density at radius 3 is 2.78 bits per heavy atom. The molecular weight excluding hydrogens is 248 g/mol. The van der Waals surface area contributed by atoms with E-state index in [2.05, 4.69) is 10.2 Å². The largest absolute Gasteiger partial charge is 0.314 e. The summed E-state index contributed by atoms with van der Waals surface area (Å²) in [5.41, 5.74) is 1.98. The Morgan fingerprint density at radius 2 is 2.00 bits per heavy atom. The Labute approximate surface area is 108 Å². The second-order valence-electron chi connectivity index (χ2n) is 5.00. The Balaban J connectivity index is 1.91. The first-order valence-corrected chi connectivity index (χ1v) is 8.09. The first-order valence-electron chi connectivity index (χ1n) is 6.43. The van der Waals surface area contributed by atoms with Gasteiger partial charge in [-0.25, -0.2) is 8.42 Å². The van der Waals surface area contributed by atoms with Crippen molar-refractivity contribution >= 4 is 9.84 Å². The monoisotopic (exact) mass is 266 g/mol. The molecule has 0 saturated carbocycles. The van der Waals surface area contributed by atoms with Crippen LogP contribution in [0.25, 0.3) is 0 Å². The molecule has 0 bridgehead atoms. The summed E-state index contributed by atoms with van der Waals surface area (Å²) in [6.45, 7) is 4.71. The van der Waals surface area contributed by atoms with Crippen LogP contribution in [0.5, 0.6) is 0 Å². The molecule has 0 atom stereocenters. The van der Waals surface area contributed by atoms with Gasteiger partial charge < -0.3 is 5.32 Å². The lowest BCUT2D eigenvalue weighted by molar-refractivity contribution is 0.231. The fourth-order valence-corrected chi connectivity index (χ4v) is 4.61. The van der Waals surface area contributed by atoms with E-state index in [0.717, 1.165) is 43.9 Å². The second-order valence-corrected chi connectivity index (χ2v) is 7.05. The molecule has 0 radical (unpaired) electrons. The Kier molecular flexibility index (Phi) is 3.13. The highest BCUT2D eigenvalue weighted by atomic mass is 32.2. The Morgan fingerprint density at radius 1 is 1.22 bits per heavy atom. The fourth-order valence-electron chi connectivity index (χ4n) is 2.82. The maximum atomic E-state index is 12.1. The molecule has 2 heterocycles. The van der Waals surface area contributed by atoms with Crippen molar-refractivity contribution < 1.29 is 8.42 Å². The van der Waals surface area contributed by atoms with E-state index in [1.807, 2.05) is 18.2 Å². The lowest BCUT2D eigenvalue weighted by Crippen LogP contribution is -2.43. The van der Waals surface area contributed by atoms with Gasteiger partial charge in [-0.3, -0.25) is 4.90 Å². The van der Waals surface area contributed by atoms with Gasteiger partial charge in [0.1, 0.15) is 0 Å². The minimum Gasteiger partial charge on any atom is -0.314 e. The fraction of sp³-hybridized carbons (Fsp3) is 0.538. The average molecular weight is 266 g/mol.